The van der Waals surface area contributed by atoms with Crippen molar-refractivity contribution in [3.8, 4) is 11.3 Å². The van der Waals surface area contributed by atoms with E-state index in [-0.39, 0.29) is 0 Å². The Hall–Kier alpha value is -2.47. The van der Waals surface area contributed by atoms with E-state index in [1.54, 1.807) is 18.6 Å². The average Bonchev–Trinajstić information content (AvgIpc) is 2.71. The predicted molar refractivity (Wildman–Crippen MR) is 113 cm³/mol. The molecule has 138 valence electrons. The van der Waals surface area contributed by atoms with E-state index in [4.69, 9.17) is 0 Å². The Balaban J connectivity index is 1.43. The zero-order valence-corrected chi connectivity index (χ0v) is 16.9. The molecular formula is C21H22BrN5. The summed E-state index contributed by atoms with van der Waals surface area (Å²) in [6.45, 7) is 4.15. The number of halogens is 1. The summed E-state index contributed by atoms with van der Waals surface area (Å²) < 4.78 is 1.07. The van der Waals surface area contributed by atoms with Crippen LogP contribution in [-0.2, 0) is 0 Å². The highest BCUT2D eigenvalue weighted by atomic mass is 79.9. The maximum atomic E-state index is 4.49. The van der Waals surface area contributed by atoms with E-state index in [0.29, 0.717) is 6.04 Å². The van der Waals surface area contributed by atoms with Gasteiger partial charge in [0.05, 0.1) is 11.9 Å². The number of aryl methyl sites for hydroxylation is 1. The summed E-state index contributed by atoms with van der Waals surface area (Å²) in [5.41, 5.74) is 4.42. The molecule has 0 bridgehead atoms. The first-order valence-electron chi connectivity index (χ1n) is 9.19. The largest absolute Gasteiger partial charge is 0.382 e. The number of nitrogens with zero attached hydrogens (tertiary/aromatic N) is 4. The molecule has 1 aromatic carbocycles. The predicted octanol–water partition coefficient (Wildman–Crippen LogP) is 4.69. The molecule has 1 saturated heterocycles. The number of hydrogen-bond donors (Lipinski definition) is 1. The Morgan fingerprint density at radius 2 is 1.89 bits per heavy atom. The van der Waals surface area contributed by atoms with Gasteiger partial charge in [-0.15, -0.1) is 0 Å². The summed E-state index contributed by atoms with van der Waals surface area (Å²) in [6, 6.07) is 10.9. The summed E-state index contributed by atoms with van der Waals surface area (Å²) in [5.74, 6) is 1.05. The van der Waals surface area contributed by atoms with Crippen molar-refractivity contribution in [1.29, 1.82) is 0 Å². The van der Waals surface area contributed by atoms with Crippen molar-refractivity contribution in [3.05, 3.63) is 65.2 Å². The molecule has 0 radical (unpaired) electrons. The third kappa shape index (κ3) is 4.27. The number of pyridine rings is 1. The maximum Gasteiger partial charge on any atom is 0.129 e. The first-order valence-corrected chi connectivity index (χ1v) is 9.98. The fourth-order valence-electron chi connectivity index (χ4n) is 3.42. The molecule has 1 aliphatic heterocycles. The van der Waals surface area contributed by atoms with Crippen LogP contribution in [0.3, 0.4) is 0 Å². The molecule has 2 aromatic heterocycles. The fourth-order valence-corrected chi connectivity index (χ4v) is 3.75. The molecule has 1 aliphatic rings. The Morgan fingerprint density at radius 3 is 2.63 bits per heavy atom. The van der Waals surface area contributed by atoms with Gasteiger partial charge in [-0.2, -0.15) is 0 Å². The molecule has 0 unspecified atom stereocenters. The van der Waals surface area contributed by atoms with E-state index in [1.807, 2.05) is 12.3 Å². The van der Waals surface area contributed by atoms with Crippen molar-refractivity contribution in [2.45, 2.75) is 25.8 Å². The number of aromatic nitrogens is 3. The standard InChI is InChI=1S/C21H22BrN5/c1-15-2-3-16(20-14-23-8-9-24-20)12-19(15)26-18-5-10-27(11-6-18)21-13-17(22)4-7-25-21/h2-4,7-9,12-14,18,26H,5-6,10-11H2,1H3. The van der Waals surface area contributed by atoms with Crippen molar-refractivity contribution in [2.75, 3.05) is 23.3 Å². The lowest BCUT2D eigenvalue weighted by Crippen LogP contribution is -2.39. The summed E-state index contributed by atoms with van der Waals surface area (Å²) in [7, 11) is 0. The number of benzene rings is 1. The molecule has 4 rings (SSSR count). The molecule has 0 atom stereocenters. The van der Waals surface area contributed by atoms with Crippen LogP contribution in [0.5, 0.6) is 0 Å². The maximum absolute atomic E-state index is 4.49. The molecule has 0 aliphatic carbocycles. The molecule has 3 aromatic rings. The van der Waals surface area contributed by atoms with Gasteiger partial charge >= 0.3 is 0 Å². The van der Waals surface area contributed by atoms with Crippen molar-refractivity contribution >= 4 is 27.4 Å². The number of nitrogens with one attached hydrogen (secondary N) is 1. The smallest absolute Gasteiger partial charge is 0.129 e. The molecule has 3 heterocycles. The van der Waals surface area contributed by atoms with Crippen molar-refractivity contribution < 1.29 is 0 Å². The quantitative estimate of drug-likeness (QED) is 0.659. The zero-order valence-electron chi connectivity index (χ0n) is 15.3. The molecule has 6 heteroatoms. The number of hydrogen-bond acceptors (Lipinski definition) is 5. The number of piperidine rings is 1. The van der Waals surface area contributed by atoms with Crippen molar-refractivity contribution in [2.24, 2.45) is 0 Å². The van der Waals surface area contributed by atoms with Crippen molar-refractivity contribution in [1.82, 2.24) is 15.0 Å². The van der Waals surface area contributed by atoms with Gasteiger partial charge in [-0.1, -0.05) is 28.1 Å². The van der Waals surface area contributed by atoms with E-state index in [2.05, 4.69) is 72.3 Å². The van der Waals surface area contributed by atoms with Gasteiger partial charge in [-0.3, -0.25) is 9.97 Å². The van der Waals surface area contributed by atoms with Crippen molar-refractivity contribution in [3.63, 3.8) is 0 Å². The number of rotatable bonds is 4. The third-order valence-electron chi connectivity index (χ3n) is 4.98. The van der Waals surface area contributed by atoms with Gasteiger partial charge in [0.2, 0.25) is 0 Å². The van der Waals surface area contributed by atoms with Crippen LogP contribution in [0.1, 0.15) is 18.4 Å². The zero-order chi connectivity index (χ0) is 18.6. The van der Waals surface area contributed by atoms with E-state index in [9.17, 15) is 0 Å². The van der Waals surface area contributed by atoms with Gasteiger partial charge in [0.25, 0.3) is 0 Å². The Labute approximate surface area is 168 Å². The first kappa shape index (κ1) is 17.9. The lowest BCUT2D eigenvalue weighted by Gasteiger charge is -2.34. The SMILES string of the molecule is Cc1ccc(-c2cnccn2)cc1NC1CCN(c2cc(Br)ccn2)CC1. The molecule has 5 nitrogen and oxygen atoms in total. The molecule has 1 fully saturated rings. The Kier molecular flexibility index (Phi) is 5.34. The van der Waals surface area contributed by atoms with Crippen LogP contribution in [0, 0.1) is 6.92 Å². The third-order valence-corrected chi connectivity index (χ3v) is 5.48. The minimum Gasteiger partial charge on any atom is -0.382 e. The second-order valence-electron chi connectivity index (χ2n) is 6.86. The average molecular weight is 424 g/mol. The van der Waals surface area contributed by atoms with Gasteiger partial charge in [0, 0.05) is 53.4 Å². The van der Waals surface area contributed by atoms with Gasteiger partial charge in [-0.25, -0.2) is 4.98 Å². The second-order valence-corrected chi connectivity index (χ2v) is 7.77. The summed E-state index contributed by atoms with van der Waals surface area (Å²) in [4.78, 5) is 15.4. The summed E-state index contributed by atoms with van der Waals surface area (Å²) in [5, 5.41) is 3.74. The summed E-state index contributed by atoms with van der Waals surface area (Å²) >= 11 is 3.53. The van der Waals surface area contributed by atoms with Gasteiger partial charge < -0.3 is 10.2 Å². The van der Waals surface area contributed by atoms with Crippen LogP contribution in [-0.4, -0.2) is 34.1 Å². The topological polar surface area (TPSA) is 53.9 Å². The lowest BCUT2D eigenvalue weighted by molar-refractivity contribution is 0.523. The molecular weight excluding hydrogens is 402 g/mol. The number of anilines is 2. The monoisotopic (exact) mass is 423 g/mol. The highest BCUT2D eigenvalue weighted by Crippen LogP contribution is 2.27. The Morgan fingerprint density at radius 1 is 1.04 bits per heavy atom. The van der Waals surface area contributed by atoms with E-state index < -0.39 is 0 Å². The lowest BCUT2D eigenvalue weighted by atomic mass is 10.0. The minimum absolute atomic E-state index is 0.462. The van der Waals surface area contributed by atoms with Gasteiger partial charge in [-0.05, 0) is 43.5 Å². The summed E-state index contributed by atoms with van der Waals surface area (Å²) in [6.07, 6.45) is 9.26. The first-order chi connectivity index (χ1) is 13.2. The van der Waals surface area contributed by atoms with Crippen LogP contribution in [0.15, 0.2) is 59.6 Å². The normalized spacial score (nSPS) is 15.0. The van der Waals surface area contributed by atoms with Crippen LogP contribution in [0.4, 0.5) is 11.5 Å². The fraction of sp³-hybridized carbons (Fsp3) is 0.286. The van der Waals surface area contributed by atoms with Gasteiger partial charge in [0.15, 0.2) is 0 Å². The molecule has 27 heavy (non-hydrogen) atoms. The van der Waals surface area contributed by atoms with E-state index in [0.717, 1.165) is 47.5 Å². The van der Waals surface area contributed by atoms with Crippen LogP contribution >= 0.6 is 15.9 Å². The highest BCUT2D eigenvalue weighted by Gasteiger charge is 2.20. The minimum atomic E-state index is 0.462. The Bertz CT molecular complexity index is 907. The van der Waals surface area contributed by atoms with Gasteiger partial charge in [0.1, 0.15) is 5.82 Å². The highest BCUT2D eigenvalue weighted by molar-refractivity contribution is 9.10. The van der Waals surface area contributed by atoms with E-state index in [1.165, 1.54) is 11.3 Å². The molecule has 0 saturated carbocycles. The van der Waals surface area contributed by atoms with Crippen LogP contribution in [0.2, 0.25) is 0 Å². The van der Waals surface area contributed by atoms with Crippen LogP contribution in [0.25, 0.3) is 11.3 Å². The molecule has 1 N–H and O–H groups in total. The van der Waals surface area contributed by atoms with Crippen LogP contribution < -0.4 is 10.2 Å². The van der Waals surface area contributed by atoms with E-state index >= 15 is 0 Å². The molecule has 0 amide bonds. The second kappa shape index (κ2) is 8.05. The molecule has 0 spiro atoms.